The molecule has 0 saturated heterocycles. The van der Waals surface area contributed by atoms with Crippen LogP contribution in [0.2, 0.25) is 0 Å². The van der Waals surface area contributed by atoms with Crippen LogP contribution in [-0.4, -0.2) is 52.0 Å². The Labute approximate surface area is 233 Å². The Morgan fingerprint density at radius 2 is 1.62 bits per heavy atom. The van der Waals surface area contributed by atoms with Gasteiger partial charge in [-0.1, -0.05) is 48.5 Å². The molecule has 0 aliphatic carbocycles. The molecule has 0 saturated carbocycles. The number of carbonyl (C=O) groups excluding carboxylic acids is 4. The number of amides is 4. The van der Waals surface area contributed by atoms with Gasteiger partial charge < -0.3 is 31.1 Å². The first kappa shape index (κ1) is 29.9. The van der Waals surface area contributed by atoms with Crippen molar-refractivity contribution in [1.29, 1.82) is 0 Å². The fourth-order valence-corrected chi connectivity index (χ4v) is 4.31. The Hall–Kier alpha value is -4.60. The molecule has 3 aromatic rings. The summed E-state index contributed by atoms with van der Waals surface area (Å²) >= 11 is 0. The van der Waals surface area contributed by atoms with Crippen LogP contribution in [-0.2, 0) is 19.1 Å². The number of nitrogens with zero attached hydrogens (tertiary/aromatic N) is 1. The Balaban J connectivity index is 1.98. The monoisotopic (exact) mass is 548 g/mol. The summed E-state index contributed by atoms with van der Waals surface area (Å²) in [5.74, 6) is -2.05. The minimum atomic E-state index is -1.26. The number of primary amides is 1. The second kappa shape index (κ2) is 13.0. The van der Waals surface area contributed by atoms with E-state index in [1.807, 2.05) is 36.4 Å². The summed E-state index contributed by atoms with van der Waals surface area (Å²) in [7, 11) is 0. The minimum absolute atomic E-state index is 0.0477. The molecule has 212 valence electrons. The first-order valence-electron chi connectivity index (χ1n) is 13.1. The number of aromatic hydroxyl groups is 1. The summed E-state index contributed by atoms with van der Waals surface area (Å²) in [6, 6.07) is 16.8. The zero-order chi connectivity index (χ0) is 29.4. The number of nitrogens with two attached hydrogens (primary N) is 1. The molecule has 0 heterocycles. The highest BCUT2D eigenvalue weighted by atomic mass is 16.6. The van der Waals surface area contributed by atoms with E-state index in [1.54, 1.807) is 52.0 Å². The third-order valence-corrected chi connectivity index (χ3v) is 6.10. The van der Waals surface area contributed by atoms with E-state index in [2.05, 4.69) is 10.6 Å². The van der Waals surface area contributed by atoms with Crippen LogP contribution in [0.15, 0.2) is 66.7 Å². The number of rotatable bonds is 10. The first-order valence-corrected chi connectivity index (χ1v) is 13.1. The van der Waals surface area contributed by atoms with Crippen molar-refractivity contribution < 1.29 is 29.0 Å². The van der Waals surface area contributed by atoms with Crippen LogP contribution in [0.3, 0.4) is 0 Å². The van der Waals surface area contributed by atoms with Gasteiger partial charge in [0.2, 0.25) is 11.8 Å². The van der Waals surface area contributed by atoms with Gasteiger partial charge in [-0.15, -0.1) is 0 Å². The third-order valence-electron chi connectivity index (χ3n) is 6.10. The lowest BCUT2D eigenvalue weighted by Crippen LogP contribution is -2.52. The van der Waals surface area contributed by atoms with Crippen molar-refractivity contribution in [2.45, 2.75) is 58.2 Å². The van der Waals surface area contributed by atoms with E-state index in [1.165, 1.54) is 11.0 Å². The second-order valence-electron chi connectivity index (χ2n) is 10.3. The maximum absolute atomic E-state index is 13.9. The molecule has 2 atom stereocenters. The van der Waals surface area contributed by atoms with Crippen LogP contribution in [0.25, 0.3) is 10.8 Å². The number of phenols is 1. The van der Waals surface area contributed by atoms with Crippen LogP contribution in [0.5, 0.6) is 5.75 Å². The SMILES string of the molecule is CCN(C(=O)C(CCC(N)=O)NC(=O)OC(C)(C)C)C(C(=O)Nc1ccc2ccccc2c1)c1ccccc1O. The predicted molar refractivity (Wildman–Crippen MR) is 152 cm³/mol. The Morgan fingerprint density at radius 3 is 2.25 bits per heavy atom. The van der Waals surface area contributed by atoms with E-state index >= 15 is 0 Å². The number of hydrogen-bond acceptors (Lipinski definition) is 6. The van der Waals surface area contributed by atoms with Crippen LogP contribution in [0, 0.1) is 0 Å². The van der Waals surface area contributed by atoms with Gasteiger partial charge in [0.15, 0.2) is 0 Å². The van der Waals surface area contributed by atoms with Gasteiger partial charge in [0.05, 0.1) is 0 Å². The number of anilines is 1. The highest BCUT2D eigenvalue weighted by molar-refractivity contribution is 6.00. The number of para-hydroxylation sites is 1. The van der Waals surface area contributed by atoms with E-state index in [-0.39, 0.29) is 30.7 Å². The predicted octanol–water partition coefficient (Wildman–Crippen LogP) is 4.23. The van der Waals surface area contributed by atoms with Gasteiger partial charge in [0.25, 0.3) is 5.91 Å². The van der Waals surface area contributed by atoms with Crippen molar-refractivity contribution in [3.63, 3.8) is 0 Å². The zero-order valence-electron chi connectivity index (χ0n) is 23.1. The number of ether oxygens (including phenoxy) is 1. The Bertz CT molecular complexity index is 1380. The maximum atomic E-state index is 13.9. The molecule has 0 aromatic heterocycles. The summed E-state index contributed by atoms with van der Waals surface area (Å²) in [5, 5.41) is 18.0. The molecule has 0 spiro atoms. The molecule has 5 N–H and O–H groups in total. The second-order valence-corrected chi connectivity index (χ2v) is 10.3. The minimum Gasteiger partial charge on any atom is -0.508 e. The molecule has 10 nitrogen and oxygen atoms in total. The lowest BCUT2D eigenvalue weighted by atomic mass is 10.0. The fourth-order valence-electron chi connectivity index (χ4n) is 4.31. The molecule has 0 radical (unpaired) electrons. The molecule has 0 aliphatic rings. The zero-order valence-corrected chi connectivity index (χ0v) is 23.1. The Morgan fingerprint density at radius 1 is 0.975 bits per heavy atom. The van der Waals surface area contributed by atoms with Crippen molar-refractivity contribution in [3.8, 4) is 5.75 Å². The van der Waals surface area contributed by atoms with Crippen LogP contribution in [0.1, 0.15) is 52.1 Å². The molecule has 0 aliphatic heterocycles. The van der Waals surface area contributed by atoms with Crippen molar-refractivity contribution in [1.82, 2.24) is 10.2 Å². The molecule has 0 fully saturated rings. The highest BCUT2D eigenvalue weighted by Gasteiger charge is 2.36. The molecular weight excluding hydrogens is 512 g/mol. The van der Waals surface area contributed by atoms with E-state index in [4.69, 9.17) is 10.5 Å². The molecule has 3 rings (SSSR count). The number of fused-ring (bicyclic) bond motifs is 1. The highest BCUT2D eigenvalue weighted by Crippen LogP contribution is 2.31. The topological polar surface area (TPSA) is 151 Å². The third kappa shape index (κ3) is 7.95. The Kier molecular flexibility index (Phi) is 9.71. The molecule has 2 unspecified atom stereocenters. The summed E-state index contributed by atoms with van der Waals surface area (Å²) in [6.45, 7) is 6.75. The average Bonchev–Trinajstić information content (AvgIpc) is 2.88. The van der Waals surface area contributed by atoms with Crippen LogP contribution in [0.4, 0.5) is 10.5 Å². The lowest BCUT2D eigenvalue weighted by Gasteiger charge is -2.34. The van der Waals surface area contributed by atoms with Gasteiger partial charge >= 0.3 is 6.09 Å². The van der Waals surface area contributed by atoms with E-state index < -0.39 is 41.5 Å². The maximum Gasteiger partial charge on any atom is 0.408 e. The van der Waals surface area contributed by atoms with E-state index in [0.717, 1.165) is 10.8 Å². The number of nitrogens with one attached hydrogen (secondary N) is 2. The largest absolute Gasteiger partial charge is 0.508 e. The number of hydrogen-bond donors (Lipinski definition) is 4. The van der Waals surface area contributed by atoms with Crippen LogP contribution < -0.4 is 16.4 Å². The van der Waals surface area contributed by atoms with Gasteiger partial charge in [-0.05, 0) is 63.1 Å². The fraction of sp³-hybridized carbons (Fsp3) is 0.333. The summed E-state index contributed by atoms with van der Waals surface area (Å²) in [5.41, 5.74) is 5.19. The average molecular weight is 549 g/mol. The number of alkyl carbamates (subject to hydrolysis) is 1. The normalized spacial score (nSPS) is 12.7. The smallest absolute Gasteiger partial charge is 0.408 e. The molecule has 10 heteroatoms. The lowest BCUT2D eigenvalue weighted by molar-refractivity contribution is -0.140. The standard InChI is InChI=1S/C30H36N4O6/c1-5-34(28(38)23(16-17-25(31)36)33-29(39)40-30(2,3)4)26(22-12-8-9-13-24(22)35)27(37)32-21-15-14-19-10-6-7-11-20(19)18-21/h6-15,18,23,26,35H,5,16-17H2,1-4H3,(H2,31,36)(H,32,37)(H,33,39). The summed E-state index contributed by atoms with van der Waals surface area (Å²) in [4.78, 5) is 53.0. The number of benzene rings is 3. The first-order chi connectivity index (χ1) is 18.9. The van der Waals surface area contributed by atoms with Crippen molar-refractivity contribution >= 4 is 40.3 Å². The number of likely N-dealkylation sites (N-methyl/N-ethyl adjacent to an activating group) is 1. The van der Waals surface area contributed by atoms with Crippen LogP contribution >= 0.6 is 0 Å². The summed E-state index contributed by atoms with van der Waals surface area (Å²) in [6.07, 6.45) is -1.15. The van der Waals surface area contributed by atoms with E-state index in [9.17, 15) is 24.3 Å². The molecular formula is C30H36N4O6. The van der Waals surface area contributed by atoms with E-state index in [0.29, 0.717) is 5.69 Å². The van der Waals surface area contributed by atoms with Gasteiger partial charge in [-0.2, -0.15) is 0 Å². The number of carbonyl (C=O) groups is 4. The quantitative estimate of drug-likeness (QED) is 0.298. The molecule has 3 aromatic carbocycles. The molecule has 4 amide bonds. The molecule has 0 bridgehead atoms. The van der Waals surface area contributed by atoms with Gasteiger partial charge in [0, 0.05) is 24.2 Å². The number of phenolic OH excluding ortho intramolecular Hbond substituents is 1. The van der Waals surface area contributed by atoms with Crippen molar-refractivity contribution in [3.05, 3.63) is 72.3 Å². The summed E-state index contributed by atoms with van der Waals surface area (Å²) < 4.78 is 5.31. The van der Waals surface area contributed by atoms with Crippen molar-refractivity contribution in [2.75, 3.05) is 11.9 Å². The van der Waals surface area contributed by atoms with Gasteiger partial charge in [-0.25, -0.2) is 4.79 Å². The molecule has 40 heavy (non-hydrogen) atoms. The van der Waals surface area contributed by atoms with Crippen molar-refractivity contribution in [2.24, 2.45) is 5.73 Å². The van der Waals surface area contributed by atoms with Gasteiger partial charge in [0.1, 0.15) is 23.4 Å². The van der Waals surface area contributed by atoms with Gasteiger partial charge in [-0.3, -0.25) is 14.4 Å².